The lowest BCUT2D eigenvalue weighted by Gasteiger charge is -2.34. The fourth-order valence-electron chi connectivity index (χ4n) is 4.19. The molecular formula is C22H29N5O. The van der Waals surface area contributed by atoms with Crippen LogP contribution in [-0.2, 0) is 24.2 Å². The standard InChI is InChI=1S/C22H29N5O/c1-2-11-23-22(28)17-26-14-12-25(13-15-26)16-20-19-9-6-10-21(19)27(24-20)18-7-4-3-5-8-18/h2-5,7-8H,1,6,9-17H2,(H,23,28). The number of rotatable bonds is 7. The van der Waals surface area contributed by atoms with Gasteiger partial charge < -0.3 is 5.32 Å². The summed E-state index contributed by atoms with van der Waals surface area (Å²) in [5.41, 5.74) is 5.23. The molecule has 1 saturated heterocycles. The van der Waals surface area contributed by atoms with E-state index in [1.54, 1.807) is 6.08 Å². The van der Waals surface area contributed by atoms with Crippen molar-refractivity contribution in [3.8, 4) is 5.69 Å². The maximum atomic E-state index is 11.9. The number of aromatic nitrogens is 2. The van der Waals surface area contributed by atoms with Crippen molar-refractivity contribution in [2.45, 2.75) is 25.8 Å². The van der Waals surface area contributed by atoms with E-state index >= 15 is 0 Å². The first-order valence-electron chi connectivity index (χ1n) is 10.2. The van der Waals surface area contributed by atoms with Crippen LogP contribution in [0.3, 0.4) is 0 Å². The van der Waals surface area contributed by atoms with Crippen LogP contribution in [0.25, 0.3) is 5.69 Å². The molecule has 2 aliphatic rings. The van der Waals surface area contributed by atoms with Gasteiger partial charge in [-0.15, -0.1) is 6.58 Å². The molecule has 2 aromatic rings. The van der Waals surface area contributed by atoms with E-state index in [0.717, 1.165) is 51.3 Å². The molecule has 1 aromatic carbocycles. The number of fused-ring (bicyclic) bond motifs is 1. The fraction of sp³-hybridized carbons (Fsp3) is 0.455. The number of amides is 1. The Morgan fingerprint density at radius 2 is 1.86 bits per heavy atom. The lowest BCUT2D eigenvalue weighted by atomic mass is 10.2. The van der Waals surface area contributed by atoms with E-state index < -0.39 is 0 Å². The number of nitrogens with zero attached hydrogens (tertiary/aromatic N) is 4. The van der Waals surface area contributed by atoms with Gasteiger partial charge >= 0.3 is 0 Å². The third kappa shape index (κ3) is 4.18. The molecule has 0 saturated carbocycles. The van der Waals surface area contributed by atoms with Crippen LogP contribution in [-0.4, -0.2) is 64.8 Å². The highest BCUT2D eigenvalue weighted by atomic mass is 16.2. The van der Waals surface area contributed by atoms with Gasteiger partial charge in [-0.1, -0.05) is 24.3 Å². The Morgan fingerprint density at radius 1 is 1.11 bits per heavy atom. The molecule has 6 heteroatoms. The summed E-state index contributed by atoms with van der Waals surface area (Å²) < 4.78 is 2.15. The first-order valence-corrected chi connectivity index (χ1v) is 10.2. The topological polar surface area (TPSA) is 53.4 Å². The molecule has 28 heavy (non-hydrogen) atoms. The predicted octanol–water partition coefficient (Wildman–Crippen LogP) is 1.78. The van der Waals surface area contributed by atoms with Gasteiger partial charge in [0, 0.05) is 45.0 Å². The van der Waals surface area contributed by atoms with E-state index in [4.69, 9.17) is 5.10 Å². The average molecular weight is 380 g/mol. The van der Waals surface area contributed by atoms with Gasteiger partial charge in [0.2, 0.25) is 5.91 Å². The fourth-order valence-corrected chi connectivity index (χ4v) is 4.19. The molecule has 1 aliphatic heterocycles. The quantitative estimate of drug-likeness (QED) is 0.745. The summed E-state index contributed by atoms with van der Waals surface area (Å²) >= 11 is 0. The average Bonchev–Trinajstić information content (AvgIpc) is 3.32. The number of nitrogens with one attached hydrogen (secondary N) is 1. The number of hydrogen-bond donors (Lipinski definition) is 1. The van der Waals surface area contributed by atoms with E-state index in [1.165, 1.54) is 23.4 Å². The molecule has 1 aromatic heterocycles. The first-order chi connectivity index (χ1) is 13.7. The minimum absolute atomic E-state index is 0.0766. The normalized spacial score (nSPS) is 17.4. The second-order valence-electron chi connectivity index (χ2n) is 7.62. The maximum Gasteiger partial charge on any atom is 0.234 e. The molecule has 1 fully saturated rings. The van der Waals surface area contributed by atoms with Crippen molar-refractivity contribution in [3.05, 3.63) is 59.9 Å². The highest BCUT2D eigenvalue weighted by Crippen LogP contribution is 2.28. The lowest BCUT2D eigenvalue weighted by molar-refractivity contribution is -0.122. The van der Waals surface area contributed by atoms with Crippen LogP contribution in [0.1, 0.15) is 23.4 Å². The van der Waals surface area contributed by atoms with E-state index in [1.807, 2.05) is 6.07 Å². The minimum atomic E-state index is 0.0766. The predicted molar refractivity (Wildman–Crippen MR) is 111 cm³/mol. The molecule has 1 aliphatic carbocycles. The Kier molecular flexibility index (Phi) is 5.88. The minimum Gasteiger partial charge on any atom is -0.352 e. The van der Waals surface area contributed by atoms with Crippen molar-refractivity contribution >= 4 is 5.91 Å². The Labute approximate surface area is 166 Å². The monoisotopic (exact) mass is 379 g/mol. The lowest BCUT2D eigenvalue weighted by Crippen LogP contribution is -2.49. The second kappa shape index (κ2) is 8.71. The Morgan fingerprint density at radius 3 is 2.61 bits per heavy atom. The summed E-state index contributed by atoms with van der Waals surface area (Å²) in [7, 11) is 0. The molecule has 4 rings (SSSR count). The number of carbonyl (C=O) groups excluding carboxylic acids is 1. The second-order valence-corrected chi connectivity index (χ2v) is 7.62. The summed E-state index contributed by atoms with van der Waals surface area (Å²) in [6, 6.07) is 10.5. The Bertz CT molecular complexity index is 821. The zero-order valence-corrected chi connectivity index (χ0v) is 16.4. The SMILES string of the molecule is C=CCNC(=O)CN1CCN(Cc2nn(-c3ccccc3)c3c2CCC3)CC1. The van der Waals surface area contributed by atoms with E-state index in [9.17, 15) is 4.79 Å². The molecule has 1 amide bonds. The van der Waals surface area contributed by atoms with Crippen molar-refractivity contribution in [1.29, 1.82) is 0 Å². The van der Waals surface area contributed by atoms with Gasteiger partial charge in [0.25, 0.3) is 0 Å². The number of hydrogen-bond acceptors (Lipinski definition) is 4. The van der Waals surface area contributed by atoms with Crippen LogP contribution in [0.2, 0.25) is 0 Å². The first kappa shape index (κ1) is 18.9. The highest BCUT2D eigenvalue weighted by molar-refractivity contribution is 5.78. The molecule has 1 N–H and O–H groups in total. The zero-order valence-electron chi connectivity index (χ0n) is 16.4. The maximum absolute atomic E-state index is 11.9. The highest BCUT2D eigenvalue weighted by Gasteiger charge is 2.26. The van der Waals surface area contributed by atoms with Gasteiger partial charge in [-0.25, -0.2) is 4.68 Å². The van der Waals surface area contributed by atoms with Gasteiger partial charge in [-0.2, -0.15) is 5.10 Å². The van der Waals surface area contributed by atoms with Crippen LogP contribution >= 0.6 is 0 Å². The molecule has 0 bridgehead atoms. The number of carbonyl (C=O) groups is 1. The molecule has 0 unspecified atom stereocenters. The van der Waals surface area contributed by atoms with E-state index in [-0.39, 0.29) is 5.91 Å². The number of benzene rings is 1. The molecular weight excluding hydrogens is 350 g/mol. The zero-order chi connectivity index (χ0) is 19.3. The molecule has 0 radical (unpaired) electrons. The van der Waals surface area contributed by atoms with Gasteiger partial charge in [0.1, 0.15) is 0 Å². The van der Waals surface area contributed by atoms with Crippen molar-refractivity contribution in [1.82, 2.24) is 24.9 Å². The largest absolute Gasteiger partial charge is 0.352 e. The molecule has 0 spiro atoms. The number of piperazine rings is 1. The Balaban J connectivity index is 1.37. The van der Waals surface area contributed by atoms with Crippen LogP contribution in [0.5, 0.6) is 0 Å². The molecule has 0 atom stereocenters. The number of para-hydroxylation sites is 1. The summed E-state index contributed by atoms with van der Waals surface area (Å²) in [6.45, 7) is 9.33. The third-order valence-electron chi connectivity index (χ3n) is 5.66. The van der Waals surface area contributed by atoms with Gasteiger partial charge in [-0.05, 0) is 37.0 Å². The van der Waals surface area contributed by atoms with Crippen LogP contribution in [0.15, 0.2) is 43.0 Å². The summed E-state index contributed by atoms with van der Waals surface area (Å²) in [4.78, 5) is 16.6. The molecule has 2 heterocycles. The summed E-state index contributed by atoms with van der Waals surface area (Å²) in [5, 5.41) is 7.84. The van der Waals surface area contributed by atoms with E-state index in [0.29, 0.717) is 13.1 Å². The van der Waals surface area contributed by atoms with Crippen LogP contribution in [0, 0.1) is 0 Å². The van der Waals surface area contributed by atoms with Crippen molar-refractivity contribution in [2.75, 3.05) is 39.3 Å². The molecule has 6 nitrogen and oxygen atoms in total. The van der Waals surface area contributed by atoms with Gasteiger partial charge in [0.15, 0.2) is 0 Å². The van der Waals surface area contributed by atoms with Crippen molar-refractivity contribution < 1.29 is 4.79 Å². The Hall–Kier alpha value is -2.44. The summed E-state index contributed by atoms with van der Waals surface area (Å²) in [5.74, 6) is 0.0766. The van der Waals surface area contributed by atoms with Crippen molar-refractivity contribution in [2.24, 2.45) is 0 Å². The molecule has 148 valence electrons. The van der Waals surface area contributed by atoms with Crippen LogP contribution < -0.4 is 5.32 Å². The van der Waals surface area contributed by atoms with Gasteiger partial charge in [-0.3, -0.25) is 14.6 Å². The third-order valence-corrected chi connectivity index (χ3v) is 5.66. The summed E-state index contributed by atoms with van der Waals surface area (Å²) in [6.07, 6.45) is 5.19. The smallest absolute Gasteiger partial charge is 0.234 e. The van der Waals surface area contributed by atoms with Gasteiger partial charge in [0.05, 0.1) is 17.9 Å². The van der Waals surface area contributed by atoms with Crippen LogP contribution in [0.4, 0.5) is 0 Å². The van der Waals surface area contributed by atoms with E-state index in [2.05, 4.69) is 50.6 Å². The van der Waals surface area contributed by atoms with Crippen molar-refractivity contribution in [3.63, 3.8) is 0 Å².